The second kappa shape index (κ2) is 6.56. The zero-order chi connectivity index (χ0) is 14.5. The lowest BCUT2D eigenvalue weighted by atomic mass is 10.1. The van der Waals surface area contributed by atoms with Gasteiger partial charge in [0.25, 0.3) is 0 Å². The number of benzene rings is 1. The quantitative estimate of drug-likeness (QED) is 0.897. The van der Waals surface area contributed by atoms with E-state index < -0.39 is 18.5 Å². The number of para-hydroxylation sites is 1. The van der Waals surface area contributed by atoms with E-state index in [1.807, 2.05) is 0 Å². The van der Waals surface area contributed by atoms with Gasteiger partial charge in [-0.15, -0.1) is 0 Å². The first-order valence-electron chi connectivity index (χ1n) is 5.98. The zero-order valence-electron chi connectivity index (χ0n) is 10.7. The average molecular weight is 274 g/mol. The molecule has 3 nitrogen and oxygen atoms in total. The molecule has 0 aromatic heterocycles. The number of hydrogen-bond donors (Lipinski definition) is 1. The summed E-state index contributed by atoms with van der Waals surface area (Å²) >= 11 is 0. The maximum Gasteiger partial charge on any atom is 0.397 e. The molecule has 0 aliphatic heterocycles. The summed E-state index contributed by atoms with van der Waals surface area (Å²) in [6, 6.07) is 6.86. The minimum Gasteiger partial charge on any atom is -0.330 e. The molecule has 0 spiro atoms. The lowest BCUT2D eigenvalue weighted by Crippen LogP contribution is -2.36. The third-order valence-electron chi connectivity index (χ3n) is 2.64. The Morgan fingerprint density at radius 3 is 2.47 bits per heavy atom. The molecule has 1 rings (SSSR count). The lowest BCUT2D eigenvalue weighted by molar-refractivity contribution is -0.151. The Morgan fingerprint density at radius 2 is 1.95 bits per heavy atom. The van der Waals surface area contributed by atoms with Gasteiger partial charge >= 0.3 is 6.18 Å². The fourth-order valence-electron chi connectivity index (χ4n) is 1.76. The molecule has 0 saturated heterocycles. The summed E-state index contributed by atoms with van der Waals surface area (Å²) in [6.07, 6.45) is -5.50. The minimum absolute atomic E-state index is 0.191. The van der Waals surface area contributed by atoms with E-state index in [2.05, 4.69) is 0 Å². The molecule has 1 amide bonds. The molecule has 0 aliphatic carbocycles. The molecule has 2 N–H and O–H groups in total. The van der Waals surface area contributed by atoms with Gasteiger partial charge in [0.2, 0.25) is 5.91 Å². The number of rotatable bonds is 5. The topological polar surface area (TPSA) is 46.3 Å². The highest BCUT2D eigenvalue weighted by Gasteiger charge is 2.34. The Kier molecular flexibility index (Phi) is 5.35. The SMILES string of the molecule is Cc1ccccc1N(CCCN)C(=O)CC(F)(F)F. The number of anilines is 1. The van der Waals surface area contributed by atoms with Crippen molar-refractivity contribution in [2.75, 3.05) is 18.0 Å². The highest BCUT2D eigenvalue weighted by atomic mass is 19.4. The van der Waals surface area contributed by atoms with E-state index in [-0.39, 0.29) is 6.54 Å². The number of halogens is 3. The maximum atomic E-state index is 12.3. The molecule has 106 valence electrons. The van der Waals surface area contributed by atoms with E-state index in [1.165, 1.54) is 0 Å². The van der Waals surface area contributed by atoms with Crippen molar-refractivity contribution in [2.24, 2.45) is 5.73 Å². The van der Waals surface area contributed by atoms with Crippen LogP contribution in [0.1, 0.15) is 18.4 Å². The van der Waals surface area contributed by atoms with Gasteiger partial charge in [0.1, 0.15) is 6.42 Å². The fourth-order valence-corrected chi connectivity index (χ4v) is 1.76. The first-order valence-corrected chi connectivity index (χ1v) is 5.98. The van der Waals surface area contributed by atoms with Crippen molar-refractivity contribution < 1.29 is 18.0 Å². The van der Waals surface area contributed by atoms with Crippen molar-refractivity contribution >= 4 is 11.6 Å². The first kappa shape index (κ1) is 15.5. The standard InChI is InChI=1S/C13H17F3N2O/c1-10-5-2-3-6-11(10)18(8-4-7-17)12(19)9-13(14,15)16/h2-3,5-6H,4,7-9,17H2,1H3. The van der Waals surface area contributed by atoms with Crippen molar-refractivity contribution in [3.63, 3.8) is 0 Å². The molecule has 1 aromatic rings. The van der Waals surface area contributed by atoms with Crippen LogP contribution in [0.5, 0.6) is 0 Å². The molecule has 0 saturated carbocycles. The number of aryl methyl sites for hydroxylation is 1. The van der Waals surface area contributed by atoms with E-state index in [4.69, 9.17) is 5.73 Å². The zero-order valence-corrected chi connectivity index (χ0v) is 10.7. The highest BCUT2D eigenvalue weighted by molar-refractivity contribution is 5.94. The predicted octanol–water partition coefficient (Wildman–Crippen LogP) is 2.63. The number of amides is 1. The Bertz CT molecular complexity index is 432. The number of carbonyl (C=O) groups is 1. The van der Waals surface area contributed by atoms with Crippen molar-refractivity contribution in [3.8, 4) is 0 Å². The molecular formula is C13H17F3N2O. The van der Waals surface area contributed by atoms with Crippen LogP contribution in [0.15, 0.2) is 24.3 Å². The van der Waals surface area contributed by atoms with Crippen LogP contribution in [0.2, 0.25) is 0 Å². The maximum absolute atomic E-state index is 12.3. The summed E-state index contributed by atoms with van der Waals surface area (Å²) in [6.45, 7) is 2.27. The first-order chi connectivity index (χ1) is 8.85. The van der Waals surface area contributed by atoms with Gasteiger partial charge in [-0.1, -0.05) is 18.2 Å². The van der Waals surface area contributed by atoms with E-state index >= 15 is 0 Å². The lowest BCUT2D eigenvalue weighted by Gasteiger charge is -2.25. The van der Waals surface area contributed by atoms with Gasteiger partial charge in [0.15, 0.2) is 0 Å². The van der Waals surface area contributed by atoms with Crippen LogP contribution in [0, 0.1) is 6.92 Å². The Morgan fingerprint density at radius 1 is 1.32 bits per heavy atom. The van der Waals surface area contributed by atoms with E-state index in [0.29, 0.717) is 18.7 Å². The van der Waals surface area contributed by atoms with Gasteiger partial charge in [-0.2, -0.15) is 13.2 Å². The third-order valence-corrected chi connectivity index (χ3v) is 2.64. The van der Waals surface area contributed by atoms with Crippen LogP contribution in [0.3, 0.4) is 0 Å². The van der Waals surface area contributed by atoms with Crippen LogP contribution in [0.25, 0.3) is 0 Å². The average Bonchev–Trinajstić information content (AvgIpc) is 2.29. The Balaban J connectivity index is 2.95. The number of hydrogen-bond acceptors (Lipinski definition) is 2. The summed E-state index contributed by atoms with van der Waals surface area (Å²) in [7, 11) is 0. The van der Waals surface area contributed by atoms with Crippen LogP contribution >= 0.6 is 0 Å². The normalized spacial score (nSPS) is 11.4. The van der Waals surface area contributed by atoms with Crippen LogP contribution in [-0.4, -0.2) is 25.2 Å². The molecule has 0 aliphatic rings. The van der Waals surface area contributed by atoms with Gasteiger partial charge in [-0.25, -0.2) is 0 Å². The molecule has 0 heterocycles. The van der Waals surface area contributed by atoms with Gasteiger partial charge in [0, 0.05) is 12.2 Å². The fraction of sp³-hybridized carbons (Fsp3) is 0.462. The summed E-state index contributed by atoms with van der Waals surface area (Å²) in [4.78, 5) is 12.9. The summed E-state index contributed by atoms with van der Waals surface area (Å²) < 4.78 is 37.0. The highest BCUT2D eigenvalue weighted by Crippen LogP contribution is 2.25. The van der Waals surface area contributed by atoms with Gasteiger partial charge in [-0.3, -0.25) is 4.79 Å². The Hall–Kier alpha value is -1.56. The molecule has 0 fully saturated rings. The van der Waals surface area contributed by atoms with E-state index in [0.717, 1.165) is 10.5 Å². The molecule has 0 radical (unpaired) electrons. The monoisotopic (exact) mass is 274 g/mol. The van der Waals surface area contributed by atoms with Gasteiger partial charge in [-0.05, 0) is 31.5 Å². The third kappa shape index (κ3) is 4.90. The van der Waals surface area contributed by atoms with Crippen molar-refractivity contribution in [2.45, 2.75) is 25.9 Å². The molecule has 0 unspecified atom stereocenters. The number of alkyl halides is 3. The van der Waals surface area contributed by atoms with E-state index in [1.54, 1.807) is 31.2 Å². The van der Waals surface area contributed by atoms with Crippen LogP contribution < -0.4 is 10.6 Å². The molecule has 19 heavy (non-hydrogen) atoms. The van der Waals surface area contributed by atoms with Crippen molar-refractivity contribution in [1.82, 2.24) is 0 Å². The Labute approximate surface area is 110 Å². The molecular weight excluding hydrogens is 257 g/mol. The molecule has 0 bridgehead atoms. The number of carbonyl (C=O) groups excluding carboxylic acids is 1. The minimum atomic E-state index is -4.50. The van der Waals surface area contributed by atoms with Gasteiger partial charge < -0.3 is 10.6 Å². The molecule has 1 aromatic carbocycles. The number of nitrogens with zero attached hydrogens (tertiary/aromatic N) is 1. The van der Waals surface area contributed by atoms with Crippen LogP contribution in [0.4, 0.5) is 18.9 Å². The number of nitrogens with two attached hydrogens (primary N) is 1. The smallest absolute Gasteiger partial charge is 0.330 e. The van der Waals surface area contributed by atoms with E-state index in [9.17, 15) is 18.0 Å². The van der Waals surface area contributed by atoms with Gasteiger partial charge in [0.05, 0.1) is 0 Å². The largest absolute Gasteiger partial charge is 0.397 e. The predicted molar refractivity (Wildman–Crippen MR) is 67.9 cm³/mol. The molecule has 0 atom stereocenters. The second-order valence-electron chi connectivity index (χ2n) is 4.27. The van der Waals surface area contributed by atoms with Crippen molar-refractivity contribution in [3.05, 3.63) is 29.8 Å². The summed E-state index contributed by atoms with van der Waals surface area (Å²) in [5, 5.41) is 0. The summed E-state index contributed by atoms with van der Waals surface area (Å²) in [5.41, 5.74) is 6.62. The van der Waals surface area contributed by atoms with Crippen LogP contribution in [-0.2, 0) is 4.79 Å². The summed E-state index contributed by atoms with van der Waals surface area (Å²) in [5.74, 6) is -0.949. The molecule has 6 heteroatoms. The second-order valence-corrected chi connectivity index (χ2v) is 4.27. The van der Waals surface area contributed by atoms with Crippen molar-refractivity contribution in [1.29, 1.82) is 0 Å².